The summed E-state index contributed by atoms with van der Waals surface area (Å²) < 4.78 is 97.6. The van der Waals surface area contributed by atoms with Gasteiger partial charge in [-0.25, -0.2) is 4.39 Å². The van der Waals surface area contributed by atoms with Crippen LogP contribution < -0.4 is 10.6 Å². The predicted molar refractivity (Wildman–Crippen MR) is 136 cm³/mol. The number of nitrogens with one attached hydrogen (secondary N) is 2. The lowest BCUT2D eigenvalue weighted by Gasteiger charge is -2.19. The number of carbonyl (C=O) groups is 2. The van der Waals surface area contributed by atoms with Crippen molar-refractivity contribution in [2.75, 3.05) is 6.54 Å². The van der Waals surface area contributed by atoms with Gasteiger partial charge in [-0.15, -0.1) is 0 Å². The van der Waals surface area contributed by atoms with E-state index in [0.717, 1.165) is 24.6 Å². The number of carbonyl (C=O) groups excluding carboxylic acids is 2. The van der Waals surface area contributed by atoms with Gasteiger partial charge in [0.15, 0.2) is 0 Å². The highest BCUT2D eigenvalue weighted by molar-refractivity contribution is 6.48. The first kappa shape index (κ1) is 32.7. The molecule has 0 radical (unpaired) electrons. The number of allylic oxidation sites excluding steroid dienone is 1. The van der Waals surface area contributed by atoms with Crippen molar-refractivity contribution in [1.29, 1.82) is 0 Å². The topological polar surface area (TPSA) is 58.2 Å². The molecule has 0 aliphatic rings. The summed E-state index contributed by atoms with van der Waals surface area (Å²) in [6.07, 6.45) is -8.78. The molecule has 4 nitrogen and oxygen atoms in total. The van der Waals surface area contributed by atoms with E-state index in [9.17, 15) is 40.3 Å². The van der Waals surface area contributed by atoms with E-state index in [1.54, 1.807) is 0 Å². The summed E-state index contributed by atoms with van der Waals surface area (Å²) in [4.78, 5) is 24.6. The molecule has 2 rings (SSSR count). The third-order valence-corrected chi connectivity index (χ3v) is 6.64. The molecule has 2 aromatic carbocycles. The minimum absolute atomic E-state index is 0.0633. The van der Waals surface area contributed by atoms with Crippen LogP contribution in [0.3, 0.4) is 0 Å². The van der Waals surface area contributed by atoms with E-state index in [1.165, 1.54) is 6.92 Å². The van der Waals surface area contributed by atoms with Gasteiger partial charge in [-0.1, -0.05) is 54.2 Å². The molecule has 14 heteroatoms. The van der Waals surface area contributed by atoms with Crippen LogP contribution in [-0.2, 0) is 11.0 Å². The van der Waals surface area contributed by atoms with Crippen molar-refractivity contribution in [3.8, 4) is 0 Å². The molecule has 0 aromatic heterocycles. The highest BCUT2D eigenvalue weighted by Crippen LogP contribution is 2.42. The smallest absolute Gasteiger partial charge is 0.354 e. The lowest BCUT2D eigenvalue weighted by atomic mass is 9.95. The summed E-state index contributed by atoms with van der Waals surface area (Å²) in [6.45, 7) is 3.44. The van der Waals surface area contributed by atoms with Crippen LogP contribution in [0.15, 0.2) is 36.4 Å². The Bertz CT molecular complexity index is 1220. The number of hydrogen-bond acceptors (Lipinski definition) is 2. The van der Waals surface area contributed by atoms with Crippen molar-refractivity contribution >= 4 is 52.4 Å². The second-order valence-electron chi connectivity index (χ2n) is 8.43. The Morgan fingerprint density at radius 3 is 2.10 bits per heavy atom. The van der Waals surface area contributed by atoms with Gasteiger partial charge in [0, 0.05) is 12.1 Å². The number of halogens is 10. The van der Waals surface area contributed by atoms with E-state index in [4.69, 9.17) is 34.8 Å². The first-order chi connectivity index (χ1) is 18.0. The number of alkyl halides is 6. The fourth-order valence-electron chi connectivity index (χ4n) is 3.38. The molecule has 39 heavy (non-hydrogen) atoms. The molecule has 2 N–H and O–H groups in total. The van der Waals surface area contributed by atoms with Gasteiger partial charge in [-0.3, -0.25) is 9.59 Å². The molecule has 2 aromatic rings. The summed E-state index contributed by atoms with van der Waals surface area (Å²) >= 11 is 17.3. The average Bonchev–Trinajstić information content (AvgIpc) is 2.83. The Morgan fingerprint density at radius 2 is 1.59 bits per heavy atom. The van der Waals surface area contributed by atoms with Crippen LogP contribution >= 0.6 is 34.8 Å². The molecule has 0 heterocycles. The number of benzene rings is 2. The predicted octanol–water partition coefficient (Wildman–Crippen LogP) is 8.36. The maximum Gasteiger partial charge on any atom is 0.417 e. The largest absolute Gasteiger partial charge is 0.417 e. The van der Waals surface area contributed by atoms with Crippen LogP contribution in [0.5, 0.6) is 0 Å². The second kappa shape index (κ2) is 13.2. The van der Waals surface area contributed by atoms with Crippen LogP contribution in [0.1, 0.15) is 59.7 Å². The van der Waals surface area contributed by atoms with E-state index < -0.39 is 64.2 Å². The molecule has 0 aliphatic heterocycles. The van der Waals surface area contributed by atoms with Crippen LogP contribution in [-0.4, -0.2) is 30.6 Å². The average molecular weight is 622 g/mol. The van der Waals surface area contributed by atoms with Crippen LogP contribution in [0.25, 0.3) is 5.83 Å². The zero-order valence-corrected chi connectivity index (χ0v) is 22.6. The normalized spacial score (nSPS) is 14.1. The van der Waals surface area contributed by atoms with E-state index in [0.29, 0.717) is 19.0 Å². The molecule has 0 aliphatic carbocycles. The van der Waals surface area contributed by atoms with E-state index in [-0.39, 0.29) is 27.2 Å². The lowest BCUT2D eigenvalue weighted by Crippen LogP contribution is -2.45. The SMILES string of the molecule is CCCCNC(=O)[C@@H](C)NC(=O)c1ccc(/C(F)=C/C(c2cc(Cl)c(Cl)c(Cl)c2)C(F)(F)F)cc1C(F)(F)F. The van der Waals surface area contributed by atoms with Crippen LogP contribution in [0.2, 0.25) is 15.1 Å². The minimum Gasteiger partial charge on any atom is -0.354 e. The van der Waals surface area contributed by atoms with Crippen molar-refractivity contribution in [2.45, 2.75) is 51.0 Å². The quantitative estimate of drug-likeness (QED) is 0.168. The molecule has 214 valence electrons. The Balaban J connectivity index is 2.45. The number of hydrogen-bond donors (Lipinski definition) is 2. The van der Waals surface area contributed by atoms with E-state index in [2.05, 4.69) is 10.6 Å². The Morgan fingerprint density at radius 1 is 1.00 bits per heavy atom. The molecule has 2 amide bonds. The van der Waals surface area contributed by atoms with Gasteiger partial charge in [-0.05, 0) is 49.2 Å². The molecular formula is C25H22Cl3F7N2O2. The summed E-state index contributed by atoms with van der Waals surface area (Å²) in [6, 6.07) is 1.97. The molecule has 0 saturated carbocycles. The summed E-state index contributed by atoms with van der Waals surface area (Å²) in [5.41, 5.74) is -4.03. The van der Waals surface area contributed by atoms with E-state index >= 15 is 0 Å². The number of rotatable bonds is 9. The zero-order valence-electron chi connectivity index (χ0n) is 20.3. The fraction of sp³-hybridized carbons (Fsp3) is 0.360. The van der Waals surface area contributed by atoms with Crippen LogP contribution in [0, 0.1) is 0 Å². The fourth-order valence-corrected chi connectivity index (χ4v) is 4.00. The highest BCUT2D eigenvalue weighted by Gasteiger charge is 2.41. The monoisotopic (exact) mass is 620 g/mol. The first-order valence-corrected chi connectivity index (χ1v) is 12.5. The van der Waals surface area contributed by atoms with Crippen LogP contribution in [0.4, 0.5) is 30.7 Å². The van der Waals surface area contributed by atoms with Gasteiger partial charge in [0.1, 0.15) is 17.8 Å². The lowest BCUT2D eigenvalue weighted by molar-refractivity contribution is -0.140. The van der Waals surface area contributed by atoms with Crippen molar-refractivity contribution in [3.63, 3.8) is 0 Å². The van der Waals surface area contributed by atoms with Gasteiger partial charge in [0.25, 0.3) is 5.91 Å². The zero-order chi connectivity index (χ0) is 29.7. The third kappa shape index (κ3) is 8.74. The molecule has 0 spiro atoms. The Hall–Kier alpha value is -2.50. The summed E-state index contributed by atoms with van der Waals surface area (Å²) in [7, 11) is 0. The Kier molecular flexibility index (Phi) is 11.1. The molecule has 1 unspecified atom stereocenters. The third-order valence-electron chi connectivity index (χ3n) is 5.45. The van der Waals surface area contributed by atoms with E-state index in [1.807, 2.05) is 6.92 Å². The van der Waals surface area contributed by atoms with Crippen molar-refractivity contribution < 1.29 is 40.3 Å². The summed E-state index contributed by atoms with van der Waals surface area (Å²) in [5.74, 6) is -6.21. The van der Waals surface area contributed by atoms with Gasteiger partial charge < -0.3 is 10.6 Å². The van der Waals surface area contributed by atoms with Crippen molar-refractivity contribution in [2.24, 2.45) is 0 Å². The van der Waals surface area contributed by atoms with Gasteiger partial charge >= 0.3 is 12.4 Å². The first-order valence-electron chi connectivity index (χ1n) is 11.4. The maximum atomic E-state index is 15.0. The van der Waals surface area contributed by atoms with Crippen molar-refractivity contribution in [3.05, 3.63) is 73.7 Å². The summed E-state index contributed by atoms with van der Waals surface area (Å²) in [5, 5.41) is 3.73. The van der Waals surface area contributed by atoms with Gasteiger partial charge in [0.05, 0.1) is 26.2 Å². The number of unbranched alkanes of at least 4 members (excludes halogenated alkanes) is 1. The second-order valence-corrected chi connectivity index (χ2v) is 9.62. The minimum atomic E-state index is -5.18. The molecule has 0 fully saturated rings. The molecular weight excluding hydrogens is 600 g/mol. The maximum absolute atomic E-state index is 15.0. The highest BCUT2D eigenvalue weighted by atomic mass is 35.5. The van der Waals surface area contributed by atoms with Gasteiger partial charge in [0.2, 0.25) is 5.91 Å². The van der Waals surface area contributed by atoms with Crippen molar-refractivity contribution in [1.82, 2.24) is 10.6 Å². The molecule has 0 saturated heterocycles. The Labute approximate surface area is 234 Å². The standard InChI is InChI=1S/C25H22Cl3F7N2O2/c1-3-4-7-36-22(38)12(2)37-23(39)15-6-5-13(8-17(15)25(33,34)35)20(29)11-16(24(30,31)32)14-9-18(26)21(28)19(27)10-14/h5-6,8-12,16H,3-4,7H2,1-2H3,(H,36,38)(H,37,39)/b20-11-/t12-,16?/m1/s1. The molecule has 0 bridgehead atoms. The number of amides is 2. The molecule has 2 atom stereocenters. The van der Waals surface area contributed by atoms with Gasteiger partial charge in [-0.2, -0.15) is 26.3 Å².